The third-order valence-corrected chi connectivity index (χ3v) is 4.91. The molecule has 0 aromatic carbocycles. The van der Waals surface area contributed by atoms with Gasteiger partial charge in [-0.1, -0.05) is 12.2 Å². The molecule has 3 rings (SSSR count). The van der Waals surface area contributed by atoms with Crippen molar-refractivity contribution in [1.29, 1.82) is 0 Å². The largest absolute Gasteiger partial charge is 0.335 e. The Morgan fingerprint density at radius 2 is 2.00 bits per heavy atom. The summed E-state index contributed by atoms with van der Waals surface area (Å²) in [4.78, 5) is 32.7. The third kappa shape index (κ3) is 3.29. The van der Waals surface area contributed by atoms with Crippen LogP contribution in [0.25, 0.3) is 0 Å². The second kappa shape index (κ2) is 6.78. The quantitative estimate of drug-likeness (QED) is 0.774. The highest BCUT2D eigenvalue weighted by Gasteiger charge is 2.29. The number of aromatic nitrogens is 2. The van der Waals surface area contributed by atoms with Gasteiger partial charge in [0.15, 0.2) is 0 Å². The van der Waals surface area contributed by atoms with Crippen molar-refractivity contribution in [2.75, 3.05) is 31.6 Å². The first kappa shape index (κ1) is 16.1. The second-order valence-corrected chi connectivity index (χ2v) is 6.79. The highest BCUT2D eigenvalue weighted by Crippen LogP contribution is 2.25. The lowest BCUT2D eigenvalue weighted by molar-refractivity contribution is -0.131. The molecule has 0 saturated heterocycles. The van der Waals surface area contributed by atoms with E-state index in [-0.39, 0.29) is 17.9 Å². The van der Waals surface area contributed by atoms with E-state index in [9.17, 15) is 9.59 Å². The lowest BCUT2D eigenvalue weighted by Crippen LogP contribution is -2.41. The number of nitrogens with zero attached hydrogens (tertiary/aromatic N) is 4. The van der Waals surface area contributed by atoms with Gasteiger partial charge >= 0.3 is 0 Å². The molecule has 1 unspecified atom stereocenters. The predicted molar refractivity (Wildman–Crippen MR) is 90.2 cm³/mol. The van der Waals surface area contributed by atoms with Crippen LogP contribution in [0.5, 0.6) is 0 Å². The van der Waals surface area contributed by atoms with E-state index in [4.69, 9.17) is 0 Å². The van der Waals surface area contributed by atoms with Crippen LogP contribution in [-0.4, -0.2) is 62.8 Å². The van der Waals surface area contributed by atoms with E-state index in [1.807, 2.05) is 41.3 Å². The summed E-state index contributed by atoms with van der Waals surface area (Å²) in [7, 11) is 0. The average Bonchev–Trinajstić information content (AvgIpc) is 3.16. The fourth-order valence-electron chi connectivity index (χ4n) is 3.13. The molecule has 6 nitrogen and oxygen atoms in total. The van der Waals surface area contributed by atoms with E-state index in [0.717, 1.165) is 18.1 Å². The van der Waals surface area contributed by atoms with Crippen LogP contribution in [0.1, 0.15) is 24.5 Å². The Kier molecular flexibility index (Phi) is 4.75. The molecule has 2 aliphatic rings. The number of carbonyl (C=O) groups excluding carboxylic acids is 2. The number of fused-ring (bicyclic) bond motifs is 1. The van der Waals surface area contributed by atoms with Gasteiger partial charge in [-0.3, -0.25) is 9.59 Å². The minimum absolute atomic E-state index is 0.0410. The van der Waals surface area contributed by atoms with E-state index in [1.165, 1.54) is 11.8 Å². The van der Waals surface area contributed by atoms with Crippen molar-refractivity contribution >= 4 is 23.6 Å². The molecule has 0 N–H and O–H groups in total. The summed E-state index contributed by atoms with van der Waals surface area (Å²) in [5.41, 5.74) is 0.794. The molecule has 3 heterocycles. The molecule has 0 saturated carbocycles. The van der Waals surface area contributed by atoms with Crippen LogP contribution in [0.4, 0.5) is 0 Å². The SMILES string of the molecule is CSCC(=O)N1CCn2cc(CC(=O)N3CC=CC3)nc2C1C. The summed E-state index contributed by atoms with van der Waals surface area (Å²) in [6, 6.07) is -0.0410. The highest BCUT2D eigenvalue weighted by molar-refractivity contribution is 7.99. The lowest BCUT2D eigenvalue weighted by atomic mass is 10.2. The van der Waals surface area contributed by atoms with Crippen molar-refractivity contribution in [3.05, 3.63) is 29.9 Å². The number of amides is 2. The number of thioether (sulfide) groups is 1. The number of imidazole rings is 1. The lowest BCUT2D eigenvalue weighted by Gasteiger charge is -2.33. The first-order chi connectivity index (χ1) is 11.1. The minimum Gasteiger partial charge on any atom is -0.335 e. The van der Waals surface area contributed by atoms with Crippen LogP contribution < -0.4 is 0 Å². The Hall–Kier alpha value is -1.76. The average molecular weight is 334 g/mol. The van der Waals surface area contributed by atoms with Gasteiger partial charge in [0.05, 0.1) is 23.9 Å². The van der Waals surface area contributed by atoms with Crippen LogP contribution in [0, 0.1) is 0 Å². The van der Waals surface area contributed by atoms with Gasteiger partial charge in [0.2, 0.25) is 11.8 Å². The molecule has 0 fully saturated rings. The van der Waals surface area contributed by atoms with Crippen molar-refractivity contribution in [2.45, 2.75) is 25.9 Å². The zero-order chi connectivity index (χ0) is 16.4. The van der Waals surface area contributed by atoms with Crippen molar-refractivity contribution in [2.24, 2.45) is 0 Å². The fourth-order valence-corrected chi connectivity index (χ4v) is 3.54. The maximum atomic E-state index is 12.2. The number of hydrogen-bond donors (Lipinski definition) is 0. The monoisotopic (exact) mass is 334 g/mol. The second-order valence-electron chi connectivity index (χ2n) is 5.93. The molecule has 2 aliphatic heterocycles. The van der Waals surface area contributed by atoms with Gasteiger partial charge in [-0.15, -0.1) is 0 Å². The van der Waals surface area contributed by atoms with Gasteiger partial charge < -0.3 is 14.4 Å². The molecule has 0 bridgehead atoms. The van der Waals surface area contributed by atoms with Crippen LogP contribution in [0.15, 0.2) is 18.3 Å². The van der Waals surface area contributed by atoms with E-state index < -0.39 is 0 Å². The summed E-state index contributed by atoms with van der Waals surface area (Å²) >= 11 is 1.54. The molecular weight excluding hydrogens is 312 g/mol. The molecule has 1 aromatic heterocycles. The van der Waals surface area contributed by atoms with Gasteiger partial charge in [0.25, 0.3) is 0 Å². The first-order valence-electron chi connectivity index (χ1n) is 7.87. The van der Waals surface area contributed by atoms with Gasteiger partial charge in [-0.25, -0.2) is 4.98 Å². The summed E-state index contributed by atoms with van der Waals surface area (Å²) in [5.74, 6) is 1.64. The van der Waals surface area contributed by atoms with Crippen LogP contribution in [-0.2, 0) is 22.6 Å². The van der Waals surface area contributed by atoms with Crippen LogP contribution in [0.3, 0.4) is 0 Å². The standard InChI is InChI=1S/C16H22N4O2S/c1-12-16-17-13(9-14(21)18-5-3-4-6-18)10-19(16)7-8-20(12)15(22)11-23-2/h3-4,10,12H,5-9,11H2,1-2H3. The summed E-state index contributed by atoms with van der Waals surface area (Å²) in [6.45, 7) is 4.84. The third-order valence-electron chi connectivity index (χ3n) is 4.37. The van der Waals surface area contributed by atoms with Gasteiger partial charge in [0, 0.05) is 32.4 Å². The van der Waals surface area contributed by atoms with E-state index in [1.54, 1.807) is 0 Å². The van der Waals surface area contributed by atoms with Gasteiger partial charge in [-0.2, -0.15) is 11.8 Å². The normalized spacial score (nSPS) is 20.0. The summed E-state index contributed by atoms with van der Waals surface area (Å²) in [5, 5.41) is 0. The topological polar surface area (TPSA) is 58.4 Å². The smallest absolute Gasteiger partial charge is 0.233 e. The molecule has 0 aliphatic carbocycles. The van der Waals surface area contributed by atoms with E-state index in [2.05, 4.69) is 9.55 Å². The van der Waals surface area contributed by atoms with E-state index >= 15 is 0 Å². The molecule has 0 radical (unpaired) electrons. The Labute approximate surface area is 140 Å². The van der Waals surface area contributed by atoms with Crippen molar-refractivity contribution in [1.82, 2.24) is 19.4 Å². The zero-order valence-corrected chi connectivity index (χ0v) is 14.4. The number of carbonyl (C=O) groups is 2. The molecule has 1 aromatic rings. The Morgan fingerprint density at radius 3 is 2.70 bits per heavy atom. The first-order valence-corrected chi connectivity index (χ1v) is 9.26. The van der Waals surface area contributed by atoms with Crippen molar-refractivity contribution in [3.63, 3.8) is 0 Å². The number of hydrogen-bond acceptors (Lipinski definition) is 4. The van der Waals surface area contributed by atoms with Crippen molar-refractivity contribution < 1.29 is 9.59 Å². The molecule has 1 atom stereocenters. The highest BCUT2D eigenvalue weighted by atomic mass is 32.2. The van der Waals surface area contributed by atoms with Gasteiger partial charge in [0.1, 0.15) is 5.82 Å². The van der Waals surface area contributed by atoms with Gasteiger partial charge in [-0.05, 0) is 13.2 Å². The fraction of sp³-hybridized carbons (Fsp3) is 0.562. The van der Waals surface area contributed by atoms with E-state index in [0.29, 0.717) is 31.8 Å². The predicted octanol–water partition coefficient (Wildman–Crippen LogP) is 1.09. The maximum Gasteiger partial charge on any atom is 0.233 e. The summed E-state index contributed by atoms with van der Waals surface area (Å²) < 4.78 is 2.08. The molecule has 2 amide bonds. The molecule has 23 heavy (non-hydrogen) atoms. The Balaban J connectivity index is 1.70. The number of rotatable bonds is 4. The minimum atomic E-state index is -0.0410. The van der Waals surface area contributed by atoms with Crippen LogP contribution in [0.2, 0.25) is 0 Å². The van der Waals surface area contributed by atoms with Crippen molar-refractivity contribution in [3.8, 4) is 0 Å². The molecular formula is C16H22N4O2S. The summed E-state index contributed by atoms with van der Waals surface area (Å²) in [6.07, 6.45) is 8.24. The molecule has 7 heteroatoms. The van der Waals surface area contributed by atoms with Crippen LogP contribution >= 0.6 is 11.8 Å². The Morgan fingerprint density at radius 1 is 1.26 bits per heavy atom. The molecule has 0 spiro atoms. The zero-order valence-electron chi connectivity index (χ0n) is 13.6. The molecule has 124 valence electrons. The maximum absolute atomic E-state index is 12.2. The Bertz CT molecular complexity index is 632.